The van der Waals surface area contributed by atoms with E-state index in [9.17, 15) is 33.6 Å². The number of ether oxygens (including phenoxy) is 2. The number of rotatable bonds is 20. The van der Waals surface area contributed by atoms with Gasteiger partial charge in [0.05, 0.1) is 26.3 Å². The monoisotopic (exact) mass is 561 g/mol. The number of carboxylic acids is 1. The molecule has 12 heteroatoms. The van der Waals surface area contributed by atoms with Gasteiger partial charge >= 0.3 is 6.18 Å². The van der Waals surface area contributed by atoms with Gasteiger partial charge in [-0.1, -0.05) is 71.1 Å². The molecule has 1 fully saturated rings. The Hall–Kier alpha value is -1.02. The fourth-order valence-electron chi connectivity index (χ4n) is 4.07. The molecule has 1 rings (SSSR count). The normalized spacial score (nSPS) is 23.6. The van der Waals surface area contributed by atoms with Gasteiger partial charge in [0.15, 0.2) is 6.29 Å². The number of hydrogen-bond acceptors (Lipinski definition) is 8. The van der Waals surface area contributed by atoms with Crippen LogP contribution in [0.2, 0.25) is 0 Å². The van der Waals surface area contributed by atoms with Crippen molar-refractivity contribution >= 4 is 5.97 Å². The molecule has 5 atom stereocenters. The number of aliphatic hydroxyl groups is 4. The van der Waals surface area contributed by atoms with Gasteiger partial charge in [-0.3, -0.25) is 0 Å². The van der Waals surface area contributed by atoms with Crippen LogP contribution < -0.4 is 10.4 Å². The second kappa shape index (κ2) is 22.8. The van der Waals surface area contributed by atoms with Crippen molar-refractivity contribution in [1.29, 1.82) is 0 Å². The van der Waals surface area contributed by atoms with E-state index >= 15 is 0 Å². The number of halogens is 3. The lowest BCUT2D eigenvalue weighted by Gasteiger charge is -2.39. The molecule has 0 aromatic rings. The van der Waals surface area contributed by atoms with Crippen LogP contribution in [0.1, 0.15) is 96.8 Å². The van der Waals surface area contributed by atoms with Gasteiger partial charge < -0.3 is 45.1 Å². The van der Waals surface area contributed by atoms with Gasteiger partial charge in [-0.05, 0) is 25.7 Å². The maximum atomic E-state index is 10.5. The number of quaternary nitrogens is 1. The lowest BCUT2D eigenvalue weighted by atomic mass is 9.99. The summed E-state index contributed by atoms with van der Waals surface area (Å²) in [5.74, 6) is -3.01. The minimum atomic E-state index is -5.19. The maximum absolute atomic E-state index is 10.5. The predicted octanol–water partition coefficient (Wildman–Crippen LogP) is 1.15. The van der Waals surface area contributed by atoms with Crippen LogP contribution in [0.3, 0.4) is 0 Å². The number of aliphatic hydroxyl groups excluding tert-OH is 4. The molecule has 0 aliphatic carbocycles. The average molecular weight is 562 g/mol. The van der Waals surface area contributed by atoms with Gasteiger partial charge in [0.25, 0.3) is 0 Å². The molecule has 1 heterocycles. The van der Waals surface area contributed by atoms with Crippen molar-refractivity contribution in [3.8, 4) is 0 Å². The van der Waals surface area contributed by atoms with E-state index in [-0.39, 0.29) is 0 Å². The fraction of sp³-hybridized carbons (Fsp3) is 0.962. The predicted molar refractivity (Wildman–Crippen MR) is 133 cm³/mol. The Labute approximate surface area is 224 Å². The lowest BCUT2D eigenvalue weighted by molar-refractivity contribution is -0.655. The second-order valence-corrected chi connectivity index (χ2v) is 9.82. The number of carboxylic acid groups (broad SMARTS) is 1. The minimum absolute atomic E-state index is 0.412. The first-order valence-corrected chi connectivity index (χ1v) is 14.1. The number of alkyl halides is 3. The molecule has 1 aliphatic rings. The number of aliphatic carboxylic acids is 1. The van der Waals surface area contributed by atoms with E-state index in [0.29, 0.717) is 6.61 Å². The lowest BCUT2D eigenvalue weighted by Crippen LogP contribution is -2.84. The Kier molecular flexibility index (Phi) is 22.1. The minimum Gasteiger partial charge on any atom is -0.542 e. The van der Waals surface area contributed by atoms with Gasteiger partial charge in [-0.25, -0.2) is 0 Å². The number of carbonyl (C=O) groups excluding carboxylic acids is 1. The second-order valence-electron chi connectivity index (χ2n) is 9.82. The SMILES string of the molecule is CCCCCCCCCCCCCC[NH2+]CCCCO[C@@H]1O[C@H](CO)[C@@H](O)[C@H](O)[C@H]1O.O=C([O-])C(F)(F)F. The van der Waals surface area contributed by atoms with E-state index in [1.165, 1.54) is 83.6 Å². The summed E-state index contributed by atoms with van der Waals surface area (Å²) in [5, 5.41) is 49.7. The van der Waals surface area contributed by atoms with Crippen molar-refractivity contribution < 1.29 is 58.3 Å². The molecule has 0 amide bonds. The Bertz CT molecular complexity index is 569. The van der Waals surface area contributed by atoms with Crippen LogP contribution in [0.4, 0.5) is 13.2 Å². The van der Waals surface area contributed by atoms with E-state index in [1.54, 1.807) is 0 Å². The van der Waals surface area contributed by atoms with Crippen molar-refractivity contribution in [2.75, 3.05) is 26.3 Å². The smallest absolute Gasteiger partial charge is 0.430 e. The first-order chi connectivity index (χ1) is 18.1. The van der Waals surface area contributed by atoms with Gasteiger partial charge in [0, 0.05) is 0 Å². The van der Waals surface area contributed by atoms with E-state index in [1.807, 2.05) is 0 Å². The molecule has 0 bridgehead atoms. The first-order valence-electron chi connectivity index (χ1n) is 14.1. The van der Waals surface area contributed by atoms with Crippen LogP contribution >= 0.6 is 0 Å². The van der Waals surface area contributed by atoms with Gasteiger partial charge in [0.1, 0.15) is 30.4 Å². The van der Waals surface area contributed by atoms with Gasteiger partial charge in [-0.15, -0.1) is 0 Å². The van der Waals surface area contributed by atoms with Crippen LogP contribution in [0.25, 0.3) is 0 Å². The van der Waals surface area contributed by atoms with Crippen molar-refractivity contribution in [2.24, 2.45) is 0 Å². The summed E-state index contributed by atoms with van der Waals surface area (Å²) in [7, 11) is 0. The van der Waals surface area contributed by atoms with Crippen LogP contribution in [0, 0.1) is 0 Å². The Morgan fingerprint density at radius 3 is 1.71 bits per heavy atom. The molecule has 0 spiro atoms. The van der Waals surface area contributed by atoms with Crippen LogP contribution in [-0.2, 0) is 14.3 Å². The average Bonchev–Trinajstić information content (AvgIpc) is 2.87. The quantitative estimate of drug-likeness (QED) is 0.139. The van der Waals surface area contributed by atoms with E-state index in [2.05, 4.69) is 12.2 Å². The fourth-order valence-corrected chi connectivity index (χ4v) is 4.07. The Balaban J connectivity index is 0.00000171. The summed E-state index contributed by atoms with van der Waals surface area (Å²) in [5.41, 5.74) is 0. The van der Waals surface area contributed by atoms with Crippen LogP contribution in [0.15, 0.2) is 0 Å². The summed E-state index contributed by atoms with van der Waals surface area (Å²) in [4.78, 5) is 8.78. The molecular weight excluding hydrogens is 511 g/mol. The molecule has 38 heavy (non-hydrogen) atoms. The standard InChI is InChI=1S/C24H49NO6.C2HF3O2/c1-2-3-4-5-6-7-8-9-10-11-12-13-16-25-17-14-15-18-30-24-23(29)22(28)21(27)20(19-26)31-24;3-2(4,5)1(6)7/h20-29H,2-19H2,1H3;(H,6,7)/t20-,21-,22+,23-,24-;/m1./s1. The molecular formula is C26H50F3NO8. The zero-order valence-electron chi connectivity index (χ0n) is 22.7. The highest BCUT2D eigenvalue weighted by molar-refractivity contribution is 5.70. The van der Waals surface area contributed by atoms with E-state index < -0.39 is 49.5 Å². The molecule has 1 aliphatic heterocycles. The maximum Gasteiger partial charge on any atom is 0.430 e. The number of unbranched alkanes of at least 4 members (excludes halogenated alkanes) is 12. The molecule has 228 valence electrons. The molecule has 9 nitrogen and oxygen atoms in total. The molecule has 0 unspecified atom stereocenters. The summed E-state index contributed by atoms with van der Waals surface area (Å²) in [6.45, 7) is 4.47. The summed E-state index contributed by atoms with van der Waals surface area (Å²) >= 11 is 0. The third kappa shape index (κ3) is 18.3. The summed E-state index contributed by atoms with van der Waals surface area (Å²) < 4.78 is 42.4. The molecule has 0 aromatic heterocycles. The molecule has 1 saturated heterocycles. The molecule has 0 saturated carbocycles. The summed E-state index contributed by atoms with van der Waals surface area (Å²) in [6.07, 6.45) is 7.24. The van der Waals surface area contributed by atoms with Crippen LogP contribution in [0.5, 0.6) is 0 Å². The zero-order chi connectivity index (χ0) is 28.8. The number of nitrogens with two attached hydrogens (primary N) is 1. The van der Waals surface area contributed by atoms with Gasteiger partial charge in [-0.2, -0.15) is 13.2 Å². The highest BCUT2D eigenvalue weighted by Gasteiger charge is 2.43. The van der Waals surface area contributed by atoms with Crippen molar-refractivity contribution in [3.05, 3.63) is 0 Å². The Morgan fingerprint density at radius 1 is 0.816 bits per heavy atom. The van der Waals surface area contributed by atoms with Crippen molar-refractivity contribution in [1.82, 2.24) is 0 Å². The third-order valence-corrected chi connectivity index (χ3v) is 6.43. The third-order valence-electron chi connectivity index (χ3n) is 6.43. The molecule has 6 N–H and O–H groups in total. The van der Waals surface area contributed by atoms with Crippen LogP contribution in [-0.4, -0.2) is 89.6 Å². The largest absolute Gasteiger partial charge is 0.542 e. The molecule has 0 aromatic carbocycles. The number of hydrogen-bond donors (Lipinski definition) is 5. The topological polar surface area (TPSA) is 156 Å². The van der Waals surface area contributed by atoms with Crippen molar-refractivity contribution in [2.45, 2.75) is 134 Å². The first kappa shape index (κ1) is 37.0. The summed E-state index contributed by atoms with van der Waals surface area (Å²) in [6, 6.07) is 0. The zero-order valence-corrected chi connectivity index (χ0v) is 22.7. The van der Waals surface area contributed by atoms with Gasteiger partial charge in [0.2, 0.25) is 0 Å². The van der Waals surface area contributed by atoms with Crippen molar-refractivity contribution in [3.63, 3.8) is 0 Å². The molecule has 0 radical (unpaired) electrons. The highest BCUT2D eigenvalue weighted by atomic mass is 19.4. The number of carbonyl (C=O) groups is 1. The van der Waals surface area contributed by atoms with E-state index in [0.717, 1.165) is 19.4 Å². The highest BCUT2D eigenvalue weighted by Crippen LogP contribution is 2.22. The van der Waals surface area contributed by atoms with E-state index in [4.69, 9.17) is 19.4 Å². The Morgan fingerprint density at radius 2 is 1.26 bits per heavy atom.